The Morgan fingerprint density at radius 1 is 1.10 bits per heavy atom. The lowest BCUT2D eigenvalue weighted by Crippen LogP contribution is -2.51. The number of hydrogen-bond donors (Lipinski definition) is 0. The molecule has 6 nitrogen and oxygen atoms in total. The molecule has 1 atom stereocenters. The van der Waals surface area contributed by atoms with E-state index in [1.165, 1.54) is 11.5 Å². The third-order valence-corrected chi connectivity index (χ3v) is 6.65. The molecule has 1 aliphatic heterocycles. The van der Waals surface area contributed by atoms with Gasteiger partial charge in [-0.25, -0.2) is 0 Å². The molecule has 0 aliphatic carbocycles. The van der Waals surface area contributed by atoms with Crippen LogP contribution in [0.2, 0.25) is 0 Å². The molecule has 0 unspecified atom stereocenters. The highest BCUT2D eigenvalue weighted by Crippen LogP contribution is 2.25. The largest absolute Gasteiger partial charge is 0.497 e. The van der Waals surface area contributed by atoms with Gasteiger partial charge < -0.3 is 14.5 Å². The minimum absolute atomic E-state index is 0.0337. The molecule has 2 heterocycles. The summed E-state index contributed by atoms with van der Waals surface area (Å²) in [4.78, 5) is 30.2. The maximum atomic E-state index is 13.2. The molecule has 1 amide bonds. The zero-order valence-corrected chi connectivity index (χ0v) is 17.5. The van der Waals surface area contributed by atoms with Crippen LogP contribution in [0.15, 0.2) is 53.3 Å². The first kappa shape index (κ1) is 19.5. The molecule has 1 aliphatic rings. The van der Waals surface area contributed by atoms with Gasteiger partial charge in [-0.1, -0.05) is 36.7 Å². The molecule has 1 saturated heterocycles. The number of carbonyl (C=O) groups excluding carboxylic acids is 1. The smallest absolute Gasteiger partial charge is 0.269 e. The lowest BCUT2D eigenvalue weighted by molar-refractivity contribution is -0.135. The van der Waals surface area contributed by atoms with E-state index in [2.05, 4.69) is 11.0 Å². The van der Waals surface area contributed by atoms with E-state index < -0.39 is 6.04 Å². The molecule has 152 valence electrons. The minimum Gasteiger partial charge on any atom is -0.497 e. The molecule has 4 rings (SSSR count). The van der Waals surface area contributed by atoms with Crippen molar-refractivity contribution in [2.24, 2.45) is 0 Å². The number of fused-ring (bicyclic) bond motifs is 1. The van der Waals surface area contributed by atoms with Crippen LogP contribution in [-0.2, 0) is 4.79 Å². The molecule has 0 N–H and O–H groups in total. The third-order valence-electron chi connectivity index (χ3n) is 5.48. The van der Waals surface area contributed by atoms with Gasteiger partial charge in [0.05, 0.1) is 17.2 Å². The van der Waals surface area contributed by atoms with Crippen molar-refractivity contribution in [3.63, 3.8) is 0 Å². The second-order valence-corrected chi connectivity index (χ2v) is 8.17. The summed E-state index contributed by atoms with van der Waals surface area (Å²) in [5, 5.41) is 0.687. The monoisotopic (exact) mass is 411 g/mol. The van der Waals surface area contributed by atoms with Crippen molar-refractivity contribution >= 4 is 33.2 Å². The van der Waals surface area contributed by atoms with Crippen LogP contribution < -0.4 is 15.2 Å². The molecule has 3 aromatic rings. The van der Waals surface area contributed by atoms with Crippen molar-refractivity contribution < 1.29 is 9.53 Å². The van der Waals surface area contributed by atoms with E-state index in [0.29, 0.717) is 24.9 Å². The van der Waals surface area contributed by atoms with Crippen molar-refractivity contribution in [3.8, 4) is 5.75 Å². The Hall–Kier alpha value is -2.80. The summed E-state index contributed by atoms with van der Waals surface area (Å²) in [6.07, 6.45) is 0.599. The fourth-order valence-corrected chi connectivity index (χ4v) is 4.99. The molecular weight excluding hydrogens is 386 g/mol. The zero-order chi connectivity index (χ0) is 20.4. The number of piperazine rings is 1. The SMILES string of the molecule is CC[C@H](C(=O)N1CCN(c2cccc(OC)c2)CC1)n1sc2ccccc2c1=O. The summed E-state index contributed by atoms with van der Waals surface area (Å²) in [5.74, 6) is 0.864. The van der Waals surface area contributed by atoms with Crippen LogP contribution in [0.5, 0.6) is 5.75 Å². The van der Waals surface area contributed by atoms with E-state index in [-0.39, 0.29) is 11.5 Å². The van der Waals surface area contributed by atoms with Crippen molar-refractivity contribution in [3.05, 3.63) is 58.9 Å². The van der Waals surface area contributed by atoms with Crippen LogP contribution in [-0.4, -0.2) is 48.1 Å². The topological polar surface area (TPSA) is 54.8 Å². The molecule has 0 radical (unpaired) electrons. The van der Waals surface area contributed by atoms with E-state index in [0.717, 1.165) is 29.2 Å². The van der Waals surface area contributed by atoms with Gasteiger partial charge >= 0.3 is 0 Å². The number of rotatable bonds is 5. The maximum Gasteiger partial charge on any atom is 0.269 e. The molecule has 0 saturated carbocycles. The highest BCUT2D eigenvalue weighted by atomic mass is 32.1. The molecular formula is C22H25N3O3S. The number of aromatic nitrogens is 1. The normalized spacial score (nSPS) is 15.5. The van der Waals surface area contributed by atoms with Crippen LogP contribution in [0.4, 0.5) is 5.69 Å². The van der Waals surface area contributed by atoms with Crippen molar-refractivity contribution in [1.82, 2.24) is 8.86 Å². The second-order valence-electron chi connectivity index (χ2n) is 7.16. The summed E-state index contributed by atoms with van der Waals surface area (Å²) in [5.41, 5.74) is 1.03. The first-order valence-corrected chi connectivity index (χ1v) is 10.7. The number of anilines is 1. The summed E-state index contributed by atoms with van der Waals surface area (Å²) >= 11 is 1.38. The predicted octanol–water partition coefficient (Wildman–Crippen LogP) is 3.37. The van der Waals surface area contributed by atoms with Gasteiger partial charge in [0, 0.05) is 37.9 Å². The molecule has 2 aromatic carbocycles. The standard InChI is InChI=1S/C22H25N3O3S/c1-3-19(25-21(26)18-9-4-5-10-20(18)29-25)22(27)24-13-11-23(12-14-24)16-7-6-8-17(15-16)28-2/h4-10,15,19H,3,11-14H2,1-2H3/t19-/m1/s1. The molecule has 1 fully saturated rings. The van der Waals surface area contributed by atoms with Crippen LogP contribution in [0.1, 0.15) is 19.4 Å². The minimum atomic E-state index is -0.441. The van der Waals surface area contributed by atoms with Crippen LogP contribution in [0.3, 0.4) is 0 Å². The maximum absolute atomic E-state index is 13.2. The van der Waals surface area contributed by atoms with Crippen LogP contribution >= 0.6 is 11.5 Å². The highest BCUT2D eigenvalue weighted by Gasteiger charge is 2.29. The van der Waals surface area contributed by atoms with Gasteiger partial charge in [0.2, 0.25) is 5.91 Å². The first-order chi connectivity index (χ1) is 14.1. The van der Waals surface area contributed by atoms with E-state index in [1.54, 1.807) is 11.1 Å². The van der Waals surface area contributed by atoms with Gasteiger partial charge in [-0.15, -0.1) is 0 Å². The quantitative estimate of drug-likeness (QED) is 0.646. The third kappa shape index (κ3) is 3.74. The van der Waals surface area contributed by atoms with Crippen LogP contribution in [0, 0.1) is 0 Å². The fraction of sp³-hybridized carbons (Fsp3) is 0.364. The fourth-order valence-electron chi connectivity index (χ4n) is 3.84. The number of amides is 1. The molecule has 7 heteroatoms. The lowest BCUT2D eigenvalue weighted by Gasteiger charge is -2.37. The van der Waals surface area contributed by atoms with Gasteiger partial charge in [-0.05, 0) is 30.7 Å². The molecule has 1 aromatic heterocycles. The van der Waals surface area contributed by atoms with Gasteiger partial charge in [-0.3, -0.25) is 13.5 Å². The van der Waals surface area contributed by atoms with E-state index in [9.17, 15) is 9.59 Å². The highest BCUT2D eigenvalue weighted by molar-refractivity contribution is 7.14. The summed E-state index contributed by atoms with van der Waals surface area (Å²) in [6.45, 7) is 4.78. The Bertz CT molecular complexity index is 1070. The van der Waals surface area contributed by atoms with E-state index in [4.69, 9.17) is 4.74 Å². The van der Waals surface area contributed by atoms with E-state index >= 15 is 0 Å². The van der Waals surface area contributed by atoms with Gasteiger partial charge in [0.25, 0.3) is 5.56 Å². The van der Waals surface area contributed by atoms with Gasteiger partial charge in [0.1, 0.15) is 11.8 Å². The second kappa shape index (κ2) is 8.29. The van der Waals surface area contributed by atoms with Crippen molar-refractivity contribution in [2.45, 2.75) is 19.4 Å². The number of nitrogens with zero attached hydrogens (tertiary/aromatic N) is 3. The van der Waals surface area contributed by atoms with Gasteiger partial charge in [0.15, 0.2) is 0 Å². The van der Waals surface area contributed by atoms with Crippen molar-refractivity contribution in [2.75, 3.05) is 38.2 Å². The molecule has 0 bridgehead atoms. The predicted molar refractivity (Wildman–Crippen MR) is 117 cm³/mol. The zero-order valence-electron chi connectivity index (χ0n) is 16.7. The number of methoxy groups -OCH3 is 1. The number of ether oxygens (including phenoxy) is 1. The summed E-state index contributed by atoms with van der Waals surface area (Å²) in [6, 6.07) is 15.1. The first-order valence-electron chi connectivity index (χ1n) is 9.90. The summed E-state index contributed by atoms with van der Waals surface area (Å²) < 4.78 is 7.89. The van der Waals surface area contributed by atoms with Crippen molar-refractivity contribution in [1.29, 1.82) is 0 Å². The Morgan fingerprint density at radius 3 is 2.55 bits per heavy atom. The Morgan fingerprint density at radius 2 is 1.86 bits per heavy atom. The van der Waals surface area contributed by atoms with Crippen LogP contribution in [0.25, 0.3) is 10.1 Å². The Balaban J connectivity index is 1.49. The molecule has 0 spiro atoms. The number of carbonyl (C=O) groups is 1. The summed E-state index contributed by atoms with van der Waals surface area (Å²) in [7, 11) is 1.66. The number of benzene rings is 2. The van der Waals surface area contributed by atoms with E-state index in [1.807, 2.05) is 54.3 Å². The Labute approximate surface area is 174 Å². The Kier molecular flexibility index (Phi) is 5.58. The molecule has 29 heavy (non-hydrogen) atoms. The average molecular weight is 412 g/mol. The number of hydrogen-bond acceptors (Lipinski definition) is 5. The average Bonchev–Trinajstić information content (AvgIpc) is 3.11. The van der Waals surface area contributed by atoms with Gasteiger partial charge in [-0.2, -0.15) is 0 Å². The lowest BCUT2D eigenvalue weighted by atomic mass is 10.1.